The molecule has 0 spiro atoms. The number of piperidine rings is 1. The Hall–Kier alpha value is -3.28. The van der Waals surface area contributed by atoms with Gasteiger partial charge in [-0.3, -0.25) is 9.59 Å². The maximum absolute atomic E-state index is 12.9. The fraction of sp³-hybridized carbons (Fsp3) is 0.423. The maximum atomic E-state index is 12.9. The zero-order valence-corrected chi connectivity index (χ0v) is 21.3. The van der Waals surface area contributed by atoms with Crippen molar-refractivity contribution >= 4 is 23.4 Å². The lowest BCUT2D eigenvalue weighted by molar-refractivity contribution is -0.124. The lowest BCUT2D eigenvalue weighted by atomic mass is 9.79. The van der Waals surface area contributed by atoms with E-state index in [0.29, 0.717) is 5.56 Å². The topological polar surface area (TPSA) is 126 Å². The van der Waals surface area contributed by atoms with Gasteiger partial charge < -0.3 is 25.8 Å². The maximum Gasteiger partial charge on any atom is 0.258 e. The first-order valence-corrected chi connectivity index (χ1v) is 11.7. The number of primary amides is 1. The molecule has 1 saturated heterocycles. The summed E-state index contributed by atoms with van der Waals surface area (Å²) < 4.78 is 11.4. The molecule has 1 fully saturated rings. The number of hydrogen-bond acceptors (Lipinski definition) is 6. The van der Waals surface area contributed by atoms with Gasteiger partial charge in [0.2, 0.25) is 0 Å². The number of hydrogen-bond donors (Lipinski definition) is 3. The molecule has 186 valence electrons. The van der Waals surface area contributed by atoms with Crippen molar-refractivity contribution in [3.05, 3.63) is 52.5 Å². The van der Waals surface area contributed by atoms with E-state index in [1.807, 2.05) is 6.07 Å². The Labute approximate surface area is 210 Å². The number of nitrogens with zero attached hydrogens (tertiary/aromatic N) is 1. The predicted molar refractivity (Wildman–Crippen MR) is 134 cm³/mol. The molecule has 0 saturated carbocycles. The normalized spacial score (nSPS) is 17.6. The number of rotatable bonds is 7. The summed E-state index contributed by atoms with van der Waals surface area (Å²) in [5, 5.41) is 16.6. The van der Waals surface area contributed by atoms with Gasteiger partial charge in [-0.15, -0.1) is 0 Å². The van der Waals surface area contributed by atoms with E-state index in [4.69, 9.17) is 26.8 Å². The van der Waals surface area contributed by atoms with Gasteiger partial charge in [0.25, 0.3) is 11.8 Å². The van der Waals surface area contributed by atoms with Gasteiger partial charge in [-0.25, -0.2) is 0 Å². The molecule has 1 unspecified atom stereocenters. The van der Waals surface area contributed by atoms with E-state index in [2.05, 4.69) is 38.3 Å². The minimum atomic E-state index is -0.921. The van der Waals surface area contributed by atoms with Crippen molar-refractivity contribution < 1.29 is 19.1 Å². The fourth-order valence-corrected chi connectivity index (χ4v) is 4.81. The molecular weight excluding hydrogens is 468 g/mol. The van der Waals surface area contributed by atoms with Crippen LogP contribution in [0, 0.1) is 11.3 Å². The van der Waals surface area contributed by atoms with Gasteiger partial charge in [-0.2, -0.15) is 5.26 Å². The number of benzene rings is 2. The van der Waals surface area contributed by atoms with Crippen LogP contribution in [0.1, 0.15) is 63.4 Å². The van der Waals surface area contributed by atoms with Crippen LogP contribution in [-0.2, 0) is 4.79 Å². The van der Waals surface area contributed by atoms with E-state index < -0.39 is 12.0 Å². The molecule has 2 aromatic carbocycles. The quantitative estimate of drug-likeness (QED) is 0.522. The zero-order valence-electron chi connectivity index (χ0n) is 20.6. The number of amides is 2. The molecule has 8 nitrogen and oxygen atoms in total. The molecule has 0 aromatic heterocycles. The smallest absolute Gasteiger partial charge is 0.258 e. The van der Waals surface area contributed by atoms with E-state index in [1.165, 1.54) is 13.0 Å². The lowest BCUT2D eigenvalue weighted by Crippen LogP contribution is -2.62. The second-order valence-corrected chi connectivity index (χ2v) is 10.5. The van der Waals surface area contributed by atoms with Crippen molar-refractivity contribution in [1.82, 2.24) is 10.6 Å². The number of halogens is 1. The summed E-state index contributed by atoms with van der Waals surface area (Å²) in [7, 11) is 0. The highest BCUT2D eigenvalue weighted by atomic mass is 35.5. The van der Waals surface area contributed by atoms with Crippen LogP contribution in [0.5, 0.6) is 17.2 Å². The van der Waals surface area contributed by atoms with E-state index in [0.717, 1.165) is 12.8 Å². The van der Waals surface area contributed by atoms with Gasteiger partial charge in [-0.1, -0.05) is 17.7 Å². The minimum absolute atomic E-state index is 0.0205. The zero-order chi connectivity index (χ0) is 26.0. The first-order valence-electron chi connectivity index (χ1n) is 11.4. The lowest BCUT2D eigenvalue weighted by Gasteiger charge is -2.46. The van der Waals surface area contributed by atoms with Crippen LogP contribution >= 0.6 is 11.6 Å². The highest BCUT2D eigenvalue weighted by Gasteiger charge is 2.38. The molecule has 0 bridgehead atoms. The van der Waals surface area contributed by atoms with Gasteiger partial charge in [-0.05, 0) is 77.8 Å². The number of nitrogens with one attached hydrogen (secondary N) is 2. The summed E-state index contributed by atoms with van der Waals surface area (Å²) in [5.41, 5.74) is 5.56. The van der Waals surface area contributed by atoms with Crippen molar-refractivity contribution in [1.29, 1.82) is 5.26 Å². The summed E-state index contributed by atoms with van der Waals surface area (Å²) in [5.74, 6) is -0.251. The van der Waals surface area contributed by atoms with Crippen LogP contribution in [0.3, 0.4) is 0 Å². The SMILES string of the molecule is CC(Oc1cccc(Oc2ccc(C(=O)NC3CC(C)(C)NC(C)(C)C3)cc2Cl)c1C#N)C(N)=O. The molecule has 1 aliphatic rings. The summed E-state index contributed by atoms with van der Waals surface area (Å²) in [4.78, 5) is 24.3. The van der Waals surface area contributed by atoms with E-state index in [1.54, 1.807) is 30.3 Å². The molecule has 2 aromatic rings. The molecular formula is C26H31ClN4O4. The average molecular weight is 499 g/mol. The van der Waals surface area contributed by atoms with Crippen molar-refractivity contribution in [2.45, 2.75) is 70.7 Å². The van der Waals surface area contributed by atoms with Crippen LogP contribution in [0.2, 0.25) is 5.02 Å². The Kier molecular flexibility index (Phi) is 7.63. The molecule has 2 amide bonds. The van der Waals surface area contributed by atoms with Gasteiger partial charge in [0.15, 0.2) is 6.10 Å². The number of nitriles is 1. The molecule has 0 aliphatic carbocycles. The number of ether oxygens (including phenoxy) is 2. The number of nitrogens with two attached hydrogens (primary N) is 1. The second kappa shape index (κ2) is 10.1. The number of carbonyl (C=O) groups excluding carboxylic acids is 2. The van der Waals surface area contributed by atoms with Crippen LogP contribution in [0.4, 0.5) is 0 Å². The third-order valence-electron chi connectivity index (χ3n) is 5.74. The standard InChI is InChI=1S/C26H31ClN4O4/c1-15(23(29)32)34-20-7-6-8-21(18(20)14-28)35-22-10-9-16(11-19(22)27)24(33)30-17-12-25(2,3)31-26(4,5)13-17/h6-11,15,17,31H,12-13H2,1-5H3,(H2,29,32)(H,30,33). The highest BCUT2D eigenvalue weighted by Crippen LogP contribution is 2.36. The molecule has 1 heterocycles. The monoisotopic (exact) mass is 498 g/mol. The van der Waals surface area contributed by atoms with Crippen LogP contribution in [-0.4, -0.2) is 35.0 Å². The molecule has 0 radical (unpaired) electrons. The third-order valence-corrected chi connectivity index (χ3v) is 6.04. The summed E-state index contributed by atoms with van der Waals surface area (Å²) in [6.07, 6.45) is 0.691. The van der Waals surface area contributed by atoms with Gasteiger partial charge >= 0.3 is 0 Å². The highest BCUT2D eigenvalue weighted by molar-refractivity contribution is 6.32. The van der Waals surface area contributed by atoms with Crippen molar-refractivity contribution in [3.8, 4) is 23.3 Å². The van der Waals surface area contributed by atoms with E-state index in [9.17, 15) is 14.9 Å². The average Bonchev–Trinajstić information content (AvgIpc) is 2.72. The van der Waals surface area contributed by atoms with E-state index >= 15 is 0 Å². The van der Waals surface area contributed by atoms with Crippen LogP contribution < -0.4 is 25.8 Å². The van der Waals surface area contributed by atoms with Crippen LogP contribution in [0.25, 0.3) is 0 Å². The van der Waals surface area contributed by atoms with Crippen molar-refractivity contribution in [2.75, 3.05) is 0 Å². The first kappa shape index (κ1) is 26.3. The van der Waals surface area contributed by atoms with Crippen molar-refractivity contribution in [2.24, 2.45) is 5.73 Å². The van der Waals surface area contributed by atoms with Crippen LogP contribution in [0.15, 0.2) is 36.4 Å². The summed E-state index contributed by atoms with van der Waals surface area (Å²) >= 11 is 6.43. The van der Waals surface area contributed by atoms with Gasteiger partial charge in [0, 0.05) is 22.7 Å². The molecule has 1 aliphatic heterocycles. The van der Waals surface area contributed by atoms with Gasteiger partial charge in [0.05, 0.1) is 5.02 Å². The first-order chi connectivity index (χ1) is 16.3. The Balaban J connectivity index is 1.76. The Bertz CT molecular complexity index is 1160. The molecule has 4 N–H and O–H groups in total. The van der Waals surface area contributed by atoms with E-state index in [-0.39, 0.29) is 50.9 Å². The fourth-order valence-electron chi connectivity index (χ4n) is 4.59. The molecule has 9 heteroatoms. The Morgan fingerprint density at radius 1 is 1.14 bits per heavy atom. The second-order valence-electron chi connectivity index (χ2n) is 10.1. The number of carbonyl (C=O) groups is 2. The minimum Gasteiger partial charge on any atom is -0.479 e. The molecule has 35 heavy (non-hydrogen) atoms. The predicted octanol–water partition coefficient (Wildman–Crippen LogP) is 4.30. The summed E-state index contributed by atoms with van der Waals surface area (Å²) in [6.45, 7) is 9.99. The largest absolute Gasteiger partial charge is 0.479 e. The van der Waals surface area contributed by atoms with Crippen molar-refractivity contribution in [3.63, 3.8) is 0 Å². The Morgan fingerprint density at radius 3 is 2.34 bits per heavy atom. The molecule has 1 atom stereocenters. The Morgan fingerprint density at radius 2 is 1.77 bits per heavy atom. The third kappa shape index (κ3) is 6.65. The van der Waals surface area contributed by atoms with Gasteiger partial charge in [0.1, 0.15) is 28.9 Å². The molecule has 3 rings (SSSR count). The summed E-state index contributed by atoms with van der Waals surface area (Å²) in [6, 6.07) is 11.5.